The van der Waals surface area contributed by atoms with E-state index in [1.54, 1.807) is 12.1 Å². The predicted octanol–water partition coefficient (Wildman–Crippen LogP) is 1.91. The highest BCUT2D eigenvalue weighted by Gasteiger charge is 2.41. The van der Waals surface area contributed by atoms with Gasteiger partial charge in [-0.2, -0.15) is 0 Å². The van der Waals surface area contributed by atoms with Gasteiger partial charge in [0, 0.05) is 12.3 Å². The highest BCUT2D eigenvalue weighted by atomic mass is 16.4. The molecule has 1 amide bonds. The highest BCUT2D eigenvalue weighted by molar-refractivity contribution is 5.95. The normalized spacial score (nSPS) is 24.8. The lowest BCUT2D eigenvalue weighted by Crippen LogP contribution is -2.29. The van der Waals surface area contributed by atoms with Gasteiger partial charge in [-0.25, -0.2) is 0 Å². The summed E-state index contributed by atoms with van der Waals surface area (Å²) in [6, 6.07) is 7.24. The number of aliphatic carboxylic acids is 1. The smallest absolute Gasteiger partial charge is 0.307 e. The molecule has 1 aliphatic carbocycles. The summed E-state index contributed by atoms with van der Waals surface area (Å²) < 4.78 is 0. The van der Waals surface area contributed by atoms with E-state index in [0.29, 0.717) is 24.9 Å². The van der Waals surface area contributed by atoms with Gasteiger partial charge in [0.05, 0.1) is 11.8 Å². The third kappa shape index (κ3) is 3.82. The monoisotopic (exact) mass is 291 g/mol. The van der Waals surface area contributed by atoms with Crippen molar-refractivity contribution in [2.75, 3.05) is 11.9 Å². The molecule has 1 aromatic rings. The Bertz CT molecular complexity index is 512. The second kappa shape index (κ2) is 6.72. The number of nitrogens with one attached hydrogen (secondary N) is 1. The Morgan fingerprint density at radius 3 is 2.38 bits per heavy atom. The van der Waals surface area contributed by atoms with Crippen molar-refractivity contribution in [1.29, 1.82) is 0 Å². The molecule has 3 atom stereocenters. The van der Waals surface area contributed by atoms with E-state index in [1.807, 2.05) is 19.1 Å². The number of aliphatic hydroxyl groups excluding tert-OH is 1. The minimum absolute atomic E-state index is 0.0892. The fourth-order valence-corrected chi connectivity index (χ4v) is 2.97. The third-order valence-corrected chi connectivity index (χ3v) is 4.07. The zero-order valence-corrected chi connectivity index (χ0v) is 12.1. The molecule has 1 aliphatic rings. The first-order chi connectivity index (χ1) is 10.0. The lowest BCUT2D eigenvalue weighted by atomic mass is 9.95. The van der Waals surface area contributed by atoms with Gasteiger partial charge in [-0.3, -0.25) is 9.59 Å². The molecular weight excluding hydrogens is 270 g/mol. The summed E-state index contributed by atoms with van der Waals surface area (Å²) >= 11 is 0. The predicted molar refractivity (Wildman–Crippen MR) is 78.9 cm³/mol. The van der Waals surface area contributed by atoms with Crippen molar-refractivity contribution in [3.8, 4) is 0 Å². The number of carboxylic acid groups (broad SMARTS) is 1. The Morgan fingerprint density at radius 1 is 1.19 bits per heavy atom. The minimum Gasteiger partial charge on any atom is -0.481 e. The number of carbonyl (C=O) groups excluding carboxylic acids is 1. The van der Waals surface area contributed by atoms with Crippen LogP contribution in [-0.4, -0.2) is 28.7 Å². The summed E-state index contributed by atoms with van der Waals surface area (Å²) in [5.41, 5.74) is 1.65. The van der Waals surface area contributed by atoms with Crippen LogP contribution in [0.4, 0.5) is 5.69 Å². The van der Waals surface area contributed by atoms with Gasteiger partial charge in [0.25, 0.3) is 0 Å². The Hall–Kier alpha value is -1.88. The average Bonchev–Trinajstić information content (AvgIpc) is 2.84. The van der Waals surface area contributed by atoms with Crippen molar-refractivity contribution >= 4 is 17.6 Å². The molecule has 0 saturated heterocycles. The number of hydrogen-bond acceptors (Lipinski definition) is 3. The van der Waals surface area contributed by atoms with E-state index in [0.717, 1.165) is 5.56 Å². The lowest BCUT2D eigenvalue weighted by Gasteiger charge is -2.15. The highest BCUT2D eigenvalue weighted by Crippen LogP contribution is 2.37. The van der Waals surface area contributed by atoms with Crippen LogP contribution in [0.5, 0.6) is 0 Å². The van der Waals surface area contributed by atoms with E-state index < -0.39 is 17.8 Å². The largest absolute Gasteiger partial charge is 0.481 e. The van der Waals surface area contributed by atoms with E-state index in [-0.39, 0.29) is 18.4 Å². The number of anilines is 1. The van der Waals surface area contributed by atoms with E-state index >= 15 is 0 Å². The van der Waals surface area contributed by atoms with E-state index in [1.165, 1.54) is 0 Å². The number of carbonyl (C=O) groups is 2. The van der Waals surface area contributed by atoms with Crippen molar-refractivity contribution in [1.82, 2.24) is 0 Å². The molecule has 5 nitrogen and oxygen atoms in total. The van der Waals surface area contributed by atoms with Crippen molar-refractivity contribution < 1.29 is 19.8 Å². The number of hydrogen-bond donors (Lipinski definition) is 3. The number of carboxylic acids is 1. The average molecular weight is 291 g/mol. The van der Waals surface area contributed by atoms with Crippen LogP contribution < -0.4 is 5.32 Å². The van der Waals surface area contributed by atoms with Gasteiger partial charge in [-0.05, 0) is 42.9 Å². The second-order valence-electron chi connectivity index (χ2n) is 5.79. The molecule has 1 saturated carbocycles. The van der Waals surface area contributed by atoms with E-state index in [9.17, 15) is 14.7 Å². The Kier molecular flexibility index (Phi) is 4.96. The summed E-state index contributed by atoms with van der Waals surface area (Å²) in [4.78, 5) is 23.5. The van der Waals surface area contributed by atoms with Crippen molar-refractivity contribution in [2.45, 2.75) is 26.2 Å². The van der Waals surface area contributed by atoms with Crippen molar-refractivity contribution in [2.24, 2.45) is 17.8 Å². The van der Waals surface area contributed by atoms with Crippen LogP contribution in [0.2, 0.25) is 0 Å². The van der Waals surface area contributed by atoms with Crippen LogP contribution >= 0.6 is 0 Å². The van der Waals surface area contributed by atoms with Crippen LogP contribution in [0, 0.1) is 17.8 Å². The zero-order valence-electron chi connectivity index (χ0n) is 12.1. The molecular formula is C16H21NO4. The van der Waals surface area contributed by atoms with Gasteiger partial charge in [0.1, 0.15) is 0 Å². The molecule has 3 N–H and O–H groups in total. The maximum absolute atomic E-state index is 12.3. The van der Waals surface area contributed by atoms with E-state index in [2.05, 4.69) is 5.32 Å². The summed E-state index contributed by atoms with van der Waals surface area (Å²) in [5.74, 6) is -1.91. The number of benzene rings is 1. The molecule has 1 unspecified atom stereocenters. The van der Waals surface area contributed by atoms with Gasteiger partial charge >= 0.3 is 5.97 Å². The molecule has 1 fully saturated rings. The Labute approximate surface area is 124 Å². The number of aliphatic hydroxyl groups is 1. The molecule has 21 heavy (non-hydrogen) atoms. The molecule has 0 heterocycles. The first-order valence-electron chi connectivity index (χ1n) is 7.24. The number of amides is 1. The third-order valence-electron chi connectivity index (χ3n) is 4.07. The quantitative estimate of drug-likeness (QED) is 0.773. The van der Waals surface area contributed by atoms with Gasteiger partial charge in [0.2, 0.25) is 5.91 Å². The second-order valence-corrected chi connectivity index (χ2v) is 5.79. The maximum atomic E-state index is 12.3. The SMILES string of the molecule is CC1C[C@H](C(=O)Nc2ccc(CCO)cc2)[C@H](C(=O)O)C1. The maximum Gasteiger partial charge on any atom is 0.307 e. The fraction of sp³-hybridized carbons (Fsp3) is 0.500. The van der Waals surface area contributed by atoms with Gasteiger partial charge < -0.3 is 15.5 Å². The van der Waals surface area contributed by atoms with Crippen LogP contribution in [0.3, 0.4) is 0 Å². The fourth-order valence-electron chi connectivity index (χ4n) is 2.97. The minimum atomic E-state index is -0.891. The summed E-state index contributed by atoms with van der Waals surface area (Å²) in [6.07, 6.45) is 1.75. The first kappa shape index (κ1) is 15.5. The summed E-state index contributed by atoms with van der Waals surface area (Å²) in [7, 11) is 0. The van der Waals surface area contributed by atoms with Crippen LogP contribution in [-0.2, 0) is 16.0 Å². The molecule has 1 aromatic carbocycles. The molecule has 0 bridgehead atoms. The van der Waals surface area contributed by atoms with Crippen molar-refractivity contribution in [3.05, 3.63) is 29.8 Å². The molecule has 0 spiro atoms. The Balaban J connectivity index is 2.01. The molecule has 2 rings (SSSR count). The van der Waals surface area contributed by atoms with Crippen LogP contribution in [0.25, 0.3) is 0 Å². The van der Waals surface area contributed by atoms with Crippen LogP contribution in [0.15, 0.2) is 24.3 Å². The van der Waals surface area contributed by atoms with Crippen LogP contribution in [0.1, 0.15) is 25.3 Å². The molecule has 5 heteroatoms. The summed E-state index contributed by atoms with van der Waals surface area (Å²) in [5, 5.41) is 20.9. The molecule has 114 valence electrons. The zero-order chi connectivity index (χ0) is 15.4. The van der Waals surface area contributed by atoms with Gasteiger partial charge in [-0.1, -0.05) is 19.1 Å². The molecule has 0 radical (unpaired) electrons. The standard InChI is InChI=1S/C16H21NO4/c1-10-8-13(14(9-10)16(20)21)15(19)17-12-4-2-11(3-5-12)6-7-18/h2-5,10,13-14,18H,6-9H2,1H3,(H,17,19)(H,20,21)/t10?,13-,14+/m0/s1. The van der Waals surface area contributed by atoms with Gasteiger partial charge in [-0.15, -0.1) is 0 Å². The number of rotatable bonds is 5. The molecule has 0 aromatic heterocycles. The van der Waals surface area contributed by atoms with E-state index in [4.69, 9.17) is 5.11 Å². The topological polar surface area (TPSA) is 86.6 Å². The van der Waals surface area contributed by atoms with Crippen molar-refractivity contribution in [3.63, 3.8) is 0 Å². The summed E-state index contributed by atoms with van der Waals surface area (Å²) in [6.45, 7) is 2.07. The Morgan fingerprint density at radius 2 is 1.81 bits per heavy atom. The lowest BCUT2D eigenvalue weighted by molar-refractivity contribution is -0.145. The molecule has 0 aliphatic heterocycles. The van der Waals surface area contributed by atoms with Gasteiger partial charge in [0.15, 0.2) is 0 Å². The first-order valence-corrected chi connectivity index (χ1v) is 7.24.